The van der Waals surface area contributed by atoms with Gasteiger partial charge in [-0.1, -0.05) is 12.1 Å². The summed E-state index contributed by atoms with van der Waals surface area (Å²) in [6.45, 7) is 2.78. The van der Waals surface area contributed by atoms with Crippen molar-refractivity contribution in [2.45, 2.75) is 38.1 Å². The van der Waals surface area contributed by atoms with Crippen molar-refractivity contribution < 1.29 is 4.39 Å². The summed E-state index contributed by atoms with van der Waals surface area (Å²) in [7, 11) is 1.90. The van der Waals surface area contributed by atoms with Gasteiger partial charge in [-0.25, -0.2) is 9.37 Å². The van der Waals surface area contributed by atoms with Crippen LogP contribution in [0.3, 0.4) is 0 Å². The molecule has 2 aliphatic rings. The molecule has 1 fully saturated rings. The Morgan fingerprint density at radius 3 is 2.88 bits per heavy atom. The van der Waals surface area contributed by atoms with E-state index < -0.39 is 0 Å². The molecule has 0 saturated heterocycles. The first kappa shape index (κ1) is 15.5. The Kier molecular flexibility index (Phi) is 3.35. The monoisotopic (exact) mass is 353 g/mol. The maximum Gasteiger partial charge on any atom is 0.227 e. The quantitative estimate of drug-likeness (QED) is 0.784. The number of aromatic amines is 1. The largest absolute Gasteiger partial charge is 0.334 e. The van der Waals surface area contributed by atoms with Crippen molar-refractivity contribution in [1.29, 1.82) is 0 Å². The highest BCUT2D eigenvalue weighted by Crippen LogP contribution is 2.38. The van der Waals surface area contributed by atoms with Gasteiger partial charge in [0.2, 0.25) is 17.6 Å². The minimum Gasteiger partial charge on any atom is -0.334 e. The molecule has 0 bridgehead atoms. The number of anilines is 1. The zero-order valence-electron chi connectivity index (χ0n) is 14.8. The summed E-state index contributed by atoms with van der Waals surface area (Å²) >= 11 is 0. The third-order valence-corrected chi connectivity index (χ3v) is 5.43. The van der Waals surface area contributed by atoms with E-state index in [4.69, 9.17) is 0 Å². The van der Waals surface area contributed by atoms with E-state index in [0.717, 1.165) is 42.8 Å². The number of halogens is 1. The number of H-pyrrole nitrogens is 1. The molecule has 3 aromatic rings. The summed E-state index contributed by atoms with van der Waals surface area (Å²) in [5.41, 5.74) is 1.82. The minimum absolute atomic E-state index is 0.107. The molecule has 1 unspecified atom stereocenters. The molecule has 7 nitrogen and oxygen atoms in total. The summed E-state index contributed by atoms with van der Waals surface area (Å²) in [6, 6.07) is 5.19. The Labute approximate surface area is 150 Å². The Bertz CT molecular complexity index is 972. The molecule has 1 atom stereocenters. The van der Waals surface area contributed by atoms with Crippen LogP contribution in [0.1, 0.15) is 48.7 Å². The Hall–Kier alpha value is -2.77. The van der Waals surface area contributed by atoms with Crippen LogP contribution in [0, 0.1) is 5.82 Å². The van der Waals surface area contributed by atoms with Crippen LogP contribution in [-0.2, 0) is 13.5 Å². The molecule has 2 aromatic heterocycles. The maximum absolute atomic E-state index is 14.4. The number of benzene rings is 1. The van der Waals surface area contributed by atoms with Crippen molar-refractivity contribution >= 4 is 5.95 Å². The molecule has 1 N–H and O–H groups in total. The summed E-state index contributed by atoms with van der Waals surface area (Å²) < 4.78 is 16.3. The van der Waals surface area contributed by atoms with Crippen LogP contribution >= 0.6 is 0 Å². The molecule has 5 rings (SSSR count). The molecule has 1 saturated carbocycles. The summed E-state index contributed by atoms with van der Waals surface area (Å²) in [4.78, 5) is 6.66. The number of aromatic nitrogens is 6. The van der Waals surface area contributed by atoms with E-state index >= 15 is 0 Å². The van der Waals surface area contributed by atoms with E-state index in [2.05, 4.69) is 30.3 Å². The predicted molar refractivity (Wildman–Crippen MR) is 94.2 cm³/mol. The Morgan fingerprint density at radius 1 is 1.23 bits per heavy atom. The van der Waals surface area contributed by atoms with Gasteiger partial charge in [0.25, 0.3) is 0 Å². The Balaban J connectivity index is 1.49. The van der Waals surface area contributed by atoms with Crippen LogP contribution in [0.15, 0.2) is 18.2 Å². The van der Waals surface area contributed by atoms with Crippen molar-refractivity contribution in [3.63, 3.8) is 0 Å². The van der Waals surface area contributed by atoms with Gasteiger partial charge in [-0.05, 0) is 37.8 Å². The van der Waals surface area contributed by atoms with Crippen molar-refractivity contribution in [2.75, 3.05) is 11.4 Å². The first-order valence-electron chi connectivity index (χ1n) is 8.99. The molecule has 8 heteroatoms. The fourth-order valence-electron chi connectivity index (χ4n) is 3.81. The van der Waals surface area contributed by atoms with Gasteiger partial charge in [-0.15, -0.1) is 15.3 Å². The second kappa shape index (κ2) is 5.62. The van der Waals surface area contributed by atoms with Crippen molar-refractivity contribution in [3.05, 3.63) is 41.0 Å². The lowest BCUT2D eigenvalue weighted by Gasteiger charge is -2.35. The van der Waals surface area contributed by atoms with Crippen molar-refractivity contribution in [2.24, 2.45) is 7.05 Å². The summed E-state index contributed by atoms with van der Waals surface area (Å²) in [6.07, 6.45) is 3.11. The fourth-order valence-corrected chi connectivity index (χ4v) is 3.81. The first-order chi connectivity index (χ1) is 12.6. The van der Waals surface area contributed by atoms with Crippen LogP contribution in [0.5, 0.6) is 0 Å². The second-order valence-corrected chi connectivity index (χ2v) is 7.13. The minimum atomic E-state index is -0.162. The number of nitrogens with one attached hydrogen (secondary N) is 1. The van der Waals surface area contributed by atoms with Crippen LogP contribution in [0.4, 0.5) is 10.3 Å². The summed E-state index contributed by atoms with van der Waals surface area (Å²) in [5.74, 6) is 3.15. The van der Waals surface area contributed by atoms with Gasteiger partial charge in [0, 0.05) is 25.1 Å². The van der Waals surface area contributed by atoms with Gasteiger partial charge in [-0.2, -0.15) is 0 Å². The average molecular weight is 353 g/mol. The standard InChI is InChI=1S/C18H20FN7/c1-10-14-11(4-3-5-13(14)19)8-9-26(10)18-24-23-17(25(18)2)16-20-15(21-22-16)12-6-7-12/h3-5,10,12H,6-9H2,1-2H3,(H,20,21,22). The fraction of sp³-hybridized carbons (Fsp3) is 0.444. The number of rotatable bonds is 3. The Morgan fingerprint density at radius 2 is 2.08 bits per heavy atom. The SMILES string of the molecule is CC1c2c(F)cccc2CCN1c1nnc(-c2n[nH]c(C3CC3)n2)n1C. The van der Waals surface area contributed by atoms with Gasteiger partial charge in [0.15, 0.2) is 0 Å². The number of hydrogen-bond acceptors (Lipinski definition) is 5. The number of hydrogen-bond donors (Lipinski definition) is 1. The van der Waals surface area contributed by atoms with Gasteiger partial charge >= 0.3 is 0 Å². The molecule has 3 heterocycles. The second-order valence-electron chi connectivity index (χ2n) is 7.13. The molecule has 0 spiro atoms. The van der Waals surface area contributed by atoms with Crippen LogP contribution < -0.4 is 4.90 Å². The average Bonchev–Trinajstić information content (AvgIpc) is 3.25. The topological polar surface area (TPSA) is 75.5 Å². The van der Waals surface area contributed by atoms with Crippen molar-refractivity contribution in [1.82, 2.24) is 29.9 Å². The molecule has 1 aliphatic carbocycles. The van der Waals surface area contributed by atoms with E-state index in [1.54, 1.807) is 6.07 Å². The lowest BCUT2D eigenvalue weighted by atomic mass is 9.93. The smallest absolute Gasteiger partial charge is 0.227 e. The lowest BCUT2D eigenvalue weighted by molar-refractivity contribution is 0.537. The predicted octanol–water partition coefficient (Wildman–Crippen LogP) is 2.74. The molecular formula is C18H20FN7. The lowest BCUT2D eigenvalue weighted by Crippen LogP contribution is -2.36. The summed E-state index contributed by atoms with van der Waals surface area (Å²) in [5, 5.41) is 16.0. The van der Waals surface area contributed by atoms with Crippen molar-refractivity contribution in [3.8, 4) is 11.6 Å². The van der Waals surface area contributed by atoms with E-state index in [0.29, 0.717) is 23.5 Å². The third kappa shape index (κ3) is 2.32. The highest BCUT2D eigenvalue weighted by molar-refractivity contribution is 5.51. The number of nitrogens with zero attached hydrogens (tertiary/aromatic N) is 6. The normalized spacial score (nSPS) is 19.7. The van der Waals surface area contributed by atoms with E-state index in [1.807, 2.05) is 24.6 Å². The highest BCUT2D eigenvalue weighted by Gasteiger charge is 2.31. The van der Waals surface area contributed by atoms with E-state index in [1.165, 1.54) is 6.07 Å². The van der Waals surface area contributed by atoms with Gasteiger partial charge < -0.3 is 4.90 Å². The van der Waals surface area contributed by atoms with E-state index in [-0.39, 0.29) is 11.9 Å². The maximum atomic E-state index is 14.4. The zero-order chi connectivity index (χ0) is 17.8. The van der Waals surface area contributed by atoms with Crippen LogP contribution in [-0.4, -0.2) is 36.5 Å². The molecule has 26 heavy (non-hydrogen) atoms. The molecule has 1 aliphatic heterocycles. The van der Waals surface area contributed by atoms with Gasteiger partial charge in [-0.3, -0.25) is 9.67 Å². The van der Waals surface area contributed by atoms with Gasteiger partial charge in [0.1, 0.15) is 11.6 Å². The molecule has 0 radical (unpaired) electrons. The third-order valence-electron chi connectivity index (χ3n) is 5.43. The molecule has 1 aromatic carbocycles. The van der Waals surface area contributed by atoms with E-state index in [9.17, 15) is 4.39 Å². The zero-order valence-corrected chi connectivity index (χ0v) is 14.8. The first-order valence-corrected chi connectivity index (χ1v) is 8.99. The molecular weight excluding hydrogens is 333 g/mol. The molecule has 0 amide bonds. The van der Waals surface area contributed by atoms with Gasteiger partial charge in [0.05, 0.1) is 6.04 Å². The molecule has 134 valence electrons. The van der Waals surface area contributed by atoms with Crippen LogP contribution in [0.25, 0.3) is 11.6 Å². The number of fused-ring (bicyclic) bond motifs is 1. The highest BCUT2D eigenvalue weighted by atomic mass is 19.1. The van der Waals surface area contributed by atoms with Crippen LogP contribution in [0.2, 0.25) is 0 Å².